The van der Waals surface area contributed by atoms with E-state index < -0.39 is 23.4 Å². The molecule has 4 nitrogen and oxygen atoms in total. The minimum atomic E-state index is -4.48. The maximum atomic E-state index is 13.5. The number of benzene rings is 3. The van der Waals surface area contributed by atoms with Crippen LogP contribution in [-0.2, 0) is 17.3 Å². The van der Waals surface area contributed by atoms with E-state index in [9.17, 15) is 23.1 Å². The predicted molar refractivity (Wildman–Crippen MR) is 133 cm³/mol. The van der Waals surface area contributed by atoms with Gasteiger partial charge in [-0.1, -0.05) is 66.7 Å². The van der Waals surface area contributed by atoms with Gasteiger partial charge in [-0.15, -0.1) is 0 Å². The molecule has 3 aliphatic rings. The number of alkyl halides is 3. The number of hydrogen-bond acceptors (Lipinski definition) is 3. The Labute approximate surface area is 213 Å². The lowest BCUT2D eigenvalue weighted by Gasteiger charge is -2.43. The zero-order valence-electron chi connectivity index (χ0n) is 20.2. The normalized spacial score (nSPS) is 24.6. The van der Waals surface area contributed by atoms with Gasteiger partial charge in [0.15, 0.2) is 0 Å². The van der Waals surface area contributed by atoms with E-state index in [2.05, 4.69) is 24.3 Å². The number of ether oxygens (including phenoxy) is 1. The van der Waals surface area contributed by atoms with Crippen molar-refractivity contribution < 1.29 is 27.8 Å². The smallest absolute Gasteiger partial charge is 0.416 e. The van der Waals surface area contributed by atoms with Crippen LogP contribution in [0.4, 0.5) is 18.0 Å². The topological polar surface area (TPSA) is 49.8 Å². The van der Waals surface area contributed by atoms with Gasteiger partial charge in [-0.3, -0.25) is 0 Å². The molecule has 2 unspecified atom stereocenters. The largest absolute Gasteiger partial charge is 0.448 e. The number of rotatable bonds is 4. The Morgan fingerprint density at radius 2 is 1.43 bits per heavy atom. The first kappa shape index (κ1) is 24.0. The Kier molecular flexibility index (Phi) is 5.79. The highest BCUT2D eigenvalue weighted by molar-refractivity contribution is 5.79. The second-order valence-corrected chi connectivity index (χ2v) is 10.6. The fourth-order valence-electron chi connectivity index (χ4n) is 6.74. The molecule has 2 bridgehead atoms. The second-order valence-electron chi connectivity index (χ2n) is 10.6. The Bertz CT molecular complexity index is 1280. The lowest BCUT2D eigenvalue weighted by atomic mass is 9.80. The zero-order chi connectivity index (χ0) is 25.8. The molecule has 2 heterocycles. The maximum Gasteiger partial charge on any atom is 0.416 e. The first-order valence-electron chi connectivity index (χ1n) is 12.7. The molecule has 3 aromatic rings. The molecule has 0 spiro atoms. The molecule has 37 heavy (non-hydrogen) atoms. The Balaban J connectivity index is 1.16. The number of nitrogens with zero attached hydrogens (tertiary/aromatic N) is 1. The third-order valence-corrected chi connectivity index (χ3v) is 8.24. The third-order valence-electron chi connectivity index (χ3n) is 8.24. The van der Waals surface area contributed by atoms with Gasteiger partial charge in [0.05, 0.1) is 11.2 Å². The summed E-state index contributed by atoms with van der Waals surface area (Å²) in [6, 6.07) is 21.2. The van der Waals surface area contributed by atoms with E-state index in [1.54, 1.807) is 11.0 Å². The molecule has 7 heteroatoms. The van der Waals surface area contributed by atoms with Gasteiger partial charge >= 0.3 is 12.3 Å². The fraction of sp³-hybridized carbons (Fsp3) is 0.367. The number of amides is 1. The average molecular weight is 508 g/mol. The molecule has 2 atom stereocenters. The summed E-state index contributed by atoms with van der Waals surface area (Å²) in [6.07, 6.45) is -3.09. The van der Waals surface area contributed by atoms with Crippen molar-refractivity contribution in [3.63, 3.8) is 0 Å². The molecule has 1 amide bonds. The van der Waals surface area contributed by atoms with Crippen molar-refractivity contribution in [1.82, 2.24) is 4.90 Å². The van der Waals surface area contributed by atoms with Crippen LogP contribution in [0.1, 0.15) is 53.9 Å². The van der Waals surface area contributed by atoms with Crippen LogP contribution in [0.25, 0.3) is 11.1 Å². The van der Waals surface area contributed by atoms with E-state index in [0.29, 0.717) is 12.8 Å². The van der Waals surface area contributed by atoms with E-state index >= 15 is 0 Å². The number of halogens is 3. The van der Waals surface area contributed by atoms with Gasteiger partial charge in [0.25, 0.3) is 0 Å². The summed E-state index contributed by atoms with van der Waals surface area (Å²) in [7, 11) is 0. The Hall–Kier alpha value is -3.32. The van der Waals surface area contributed by atoms with Crippen LogP contribution in [-0.4, -0.2) is 40.4 Å². The lowest BCUT2D eigenvalue weighted by molar-refractivity contribution is -0.138. The lowest BCUT2D eigenvalue weighted by Crippen LogP contribution is -2.54. The minimum absolute atomic E-state index is 0.0467. The highest BCUT2D eigenvalue weighted by atomic mass is 19.4. The number of carbonyl (C=O) groups is 1. The first-order chi connectivity index (χ1) is 17.7. The molecule has 1 N–H and O–H groups in total. The van der Waals surface area contributed by atoms with Crippen molar-refractivity contribution in [2.75, 3.05) is 6.61 Å². The summed E-state index contributed by atoms with van der Waals surface area (Å²) >= 11 is 0. The monoisotopic (exact) mass is 507 g/mol. The molecule has 2 saturated heterocycles. The van der Waals surface area contributed by atoms with E-state index in [1.807, 2.05) is 24.3 Å². The molecule has 0 aromatic heterocycles. The summed E-state index contributed by atoms with van der Waals surface area (Å²) in [6.45, 7) is 0.214. The van der Waals surface area contributed by atoms with Crippen LogP contribution in [0.2, 0.25) is 0 Å². The number of aliphatic hydroxyl groups is 1. The van der Waals surface area contributed by atoms with Crippen LogP contribution < -0.4 is 0 Å². The molecular weight excluding hydrogens is 479 g/mol. The number of piperidine rings is 1. The SMILES string of the molecule is O=C(OCC1c2ccccc2-c2ccccc21)N1C2CCC1CC(O)(Cc1ccccc1C(F)(F)F)C2. The summed E-state index contributed by atoms with van der Waals surface area (Å²) in [5.41, 5.74) is 2.66. The standard InChI is InChI=1S/C30H28F3NO3/c31-30(32,33)27-12-6-1-7-19(27)15-29(36)16-20-13-14-21(17-29)34(20)28(35)37-18-26-24-10-4-2-8-22(24)23-9-3-5-11-25(23)26/h1-12,20-21,26,36H,13-18H2. The van der Waals surface area contributed by atoms with E-state index in [1.165, 1.54) is 12.1 Å². The summed E-state index contributed by atoms with van der Waals surface area (Å²) in [5.74, 6) is -0.0467. The number of fused-ring (bicyclic) bond motifs is 5. The maximum absolute atomic E-state index is 13.5. The van der Waals surface area contributed by atoms with Crippen LogP contribution in [0.3, 0.4) is 0 Å². The Morgan fingerprint density at radius 1 is 0.892 bits per heavy atom. The van der Waals surface area contributed by atoms with E-state index in [0.717, 1.165) is 28.3 Å². The fourth-order valence-corrected chi connectivity index (χ4v) is 6.74. The van der Waals surface area contributed by atoms with Gasteiger partial charge in [0, 0.05) is 24.4 Å². The van der Waals surface area contributed by atoms with Crippen LogP contribution in [0.5, 0.6) is 0 Å². The molecule has 0 radical (unpaired) electrons. The first-order valence-corrected chi connectivity index (χ1v) is 12.7. The Morgan fingerprint density at radius 3 is 2.03 bits per heavy atom. The highest BCUT2D eigenvalue weighted by Gasteiger charge is 2.50. The van der Waals surface area contributed by atoms with Crippen molar-refractivity contribution in [3.05, 3.63) is 95.1 Å². The quantitative estimate of drug-likeness (QED) is 0.435. The molecule has 6 rings (SSSR count). The zero-order valence-corrected chi connectivity index (χ0v) is 20.2. The van der Waals surface area contributed by atoms with Crippen molar-refractivity contribution >= 4 is 6.09 Å². The van der Waals surface area contributed by atoms with Gasteiger partial charge in [-0.2, -0.15) is 13.2 Å². The van der Waals surface area contributed by atoms with Crippen molar-refractivity contribution in [1.29, 1.82) is 0 Å². The van der Waals surface area contributed by atoms with Gasteiger partial charge in [0.2, 0.25) is 0 Å². The number of carbonyl (C=O) groups excluding carboxylic acids is 1. The van der Waals surface area contributed by atoms with E-state index in [-0.39, 0.29) is 49.4 Å². The molecular formula is C30H28F3NO3. The molecule has 192 valence electrons. The van der Waals surface area contributed by atoms with Gasteiger partial charge in [-0.25, -0.2) is 4.79 Å². The van der Waals surface area contributed by atoms with Crippen LogP contribution in [0, 0.1) is 0 Å². The third kappa shape index (κ3) is 4.29. The van der Waals surface area contributed by atoms with Gasteiger partial charge in [0.1, 0.15) is 6.61 Å². The second kappa shape index (κ2) is 8.91. The molecule has 3 aromatic carbocycles. The highest BCUT2D eigenvalue weighted by Crippen LogP contribution is 2.46. The van der Waals surface area contributed by atoms with Gasteiger partial charge < -0.3 is 14.7 Å². The molecule has 0 saturated carbocycles. The number of hydrogen-bond donors (Lipinski definition) is 1. The molecule has 2 aliphatic heterocycles. The van der Waals surface area contributed by atoms with E-state index in [4.69, 9.17) is 4.74 Å². The van der Waals surface area contributed by atoms with Crippen molar-refractivity contribution in [3.8, 4) is 11.1 Å². The molecule has 2 fully saturated rings. The molecule has 1 aliphatic carbocycles. The van der Waals surface area contributed by atoms with Crippen LogP contribution >= 0.6 is 0 Å². The summed E-state index contributed by atoms with van der Waals surface area (Å²) < 4.78 is 46.4. The van der Waals surface area contributed by atoms with Gasteiger partial charge in [-0.05, 0) is 59.6 Å². The van der Waals surface area contributed by atoms with Crippen LogP contribution in [0.15, 0.2) is 72.8 Å². The van der Waals surface area contributed by atoms with Crippen molar-refractivity contribution in [2.24, 2.45) is 0 Å². The summed E-state index contributed by atoms with van der Waals surface area (Å²) in [4.78, 5) is 15.0. The van der Waals surface area contributed by atoms with Crippen molar-refractivity contribution in [2.45, 2.75) is 61.9 Å². The predicted octanol–water partition coefficient (Wildman–Crippen LogP) is 6.55. The summed E-state index contributed by atoms with van der Waals surface area (Å²) in [5, 5.41) is 11.4. The average Bonchev–Trinajstić information content (AvgIpc) is 3.34. The minimum Gasteiger partial charge on any atom is -0.448 e.